The van der Waals surface area contributed by atoms with Crippen LogP contribution in [-0.4, -0.2) is 7.11 Å². The molecule has 3 aromatic carbocycles. The van der Waals surface area contributed by atoms with Gasteiger partial charge in [0.25, 0.3) is 0 Å². The van der Waals surface area contributed by atoms with Crippen LogP contribution < -0.4 is 14.8 Å². The molecule has 0 atom stereocenters. The largest absolute Gasteiger partial charge is 0.493 e. The van der Waals surface area contributed by atoms with Crippen molar-refractivity contribution < 1.29 is 9.47 Å². The Morgan fingerprint density at radius 2 is 1.50 bits per heavy atom. The van der Waals surface area contributed by atoms with E-state index in [0.717, 1.165) is 16.8 Å². The molecular formula is C21H17Cl4NO2. The van der Waals surface area contributed by atoms with Gasteiger partial charge in [-0.15, -0.1) is 0 Å². The van der Waals surface area contributed by atoms with Gasteiger partial charge in [-0.2, -0.15) is 0 Å². The van der Waals surface area contributed by atoms with Crippen molar-refractivity contribution in [3.63, 3.8) is 0 Å². The molecule has 3 nitrogen and oxygen atoms in total. The van der Waals surface area contributed by atoms with Crippen LogP contribution in [-0.2, 0) is 13.2 Å². The molecule has 0 radical (unpaired) electrons. The molecule has 0 aromatic heterocycles. The fraction of sp³-hybridized carbons (Fsp3) is 0.143. The lowest BCUT2D eigenvalue weighted by atomic mass is 10.2. The highest BCUT2D eigenvalue weighted by atomic mass is 35.5. The fourth-order valence-corrected chi connectivity index (χ4v) is 3.25. The van der Waals surface area contributed by atoms with Crippen LogP contribution in [0.3, 0.4) is 0 Å². The van der Waals surface area contributed by atoms with Gasteiger partial charge in [0.1, 0.15) is 6.61 Å². The second-order valence-electron chi connectivity index (χ2n) is 5.99. The Morgan fingerprint density at radius 3 is 2.21 bits per heavy atom. The third kappa shape index (κ3) is 5.39. The van der Waals surface area contributed by atoms with E-state index in [1.54, 1.807) is 31.4 Å². The third-order valence-electron chi connectivity index (χ3n) is 4.04. The van der Waals surface area contributed by atoms with E-state index in [9.17, 15) is 0 Å². The predicted molar refractivity (Wildman–Crippen MR) is 118 cm³/mol. The monoisotopic (exact) mass is 455 g/mol. The number of rotatable bonds is 7. The second kappa shape index (κ2) is 9.62. The number of halogens is 4. The highest BCUT2D eigenvalue weighted by molar-refractivity contribution is 6.35. The van der Waals surface area contributed by atoms with E-state index in [0.29, 0.717) is 44.7 Å². The van der Waals surface area contributed by atoms with E-state index in [1.165, 1.54) is 0 Å². The van der Waals surface area contributed by atoms with Crippen LogP contribution in [0.25, 0.3) is 0 Å². The Bertz CT molecular complexity index is 961. The van der Waals surface area contributed by atoms with Crippen LogP contribution in [0.4, 0.5) is 5.69 Å². The van der Waals surface area contributed by atoms with Crippen LogP contribution in [0.2, 0.25) is 20.1 Å². The summed E-state index contributed by atoms with van der Waals surface area (Å²) in [7, 11) is 1.59. The summed E-state index contributed by atoms with van der Waals surface area (Å²) in [6.45, 7) is 0.826. The number of benzene rings is 3. The van der Waals surface area contributed by atoms with Crippen LogP contribution in [0.5, 0.6) is 11.5 Å². The van der Waals surface area contributed by atoms with Gasteiger partial charge in [0.2, 0.25) is 0 Å². The van der Waals surface area contributed by atoms with E-state index in [1.807, 2.05) is 30.3 Å². The molecule has 0 unspecified atom stereocenters. The first-order valence-electron chi connectivity index (χ1n) is 8.39. The van der Waals surface area contributed by atoms with Gasteiger partial charge in [0.15, 0.2) is 11.5 Å². The maximum absolute atomic E-state index is 6.45. The van der Waals surface area contributed by atoms with Crippen molar-refractivity contribution in [2.75, 3.05) is 12.4 Å². The van der Waals surface area contributed by atoms with Gasteiger partial charge in [-0.3, -0.25) is 0 Å². The Hall–Kier alpha value is -1.78. The first-order chi connectivity index (χ1) is 13.5. The zero-order chi connectivity index (χ0) is 20.1. The molecule has 0 aliphatic rings. The zero-order valence-electron chi connectivity index (χ0n) is 14.9. The summed E-state index contributed by atoms with van der Waals surface area (Å²) in [5, 5.41) is 5.65. The highest BCUT2D eigenvalue weighted by Crippen LogP contribution is 2.35. The van der Waals surface area contributed by atoms with Gasteiger partial charge in [0, 0.05) is 27.7 Å². The summed E-state index contributed by atoms with van der Waals surface area (Å²) in [5.74, 6) is 1.15. The third-order valence-corrected chi connectivity index (χ3v) is 5.21. The van der Waals surface area contributed by atoms with Crippen LogP contribution in [0.15, 0.2) is 54.6 Å². The Morgan fingerprint density at radius 1 is 0.786 bits per heavy atom. The normalized spacial score (nSPS) is 10.6. The molecule has 0 fully saturated rings. The van der Waals surface area contributed by atoms with E-state index in [-0.39, 0.29) is 0 Å². The van der Waals surface area contributed by atoms with Gasteiger partial charge in [-0.05, 0) is 47.5 Å². The van der Waals surface area contributed by atoms with Crippen molar-refractivity contribution >= 4 is 52.1 Å². The minimum absolute atomic E-state index is 0.375. The van der Waals surface area contributed by atoms with Crippen molar-refractivity contribution in [3.05, 3.63) is 85.8 Å². The summed E-state index contributed by atoms with van der Waals surface area (Å²) in [4.78, 5) is 0. The molecule has 3 aromatic rings. The first kappa shape index (κ1) is 20.9. The van der Waals surface area contributed by atoms with Crippen molar-refractivity contribution in [1.29, 1.82) is 0 Å². The van der Waals surface area contributed by atoms with Crippen molar-refractivity contribution in [1.82, 2.24) is 0 Å². The van der Waals surface area contributed by atoms with Gasteiger partial charge < -0.3 is 14.8 Å². The molecule has 0 amide bonds. The molecule has 0 bridgehead atoms. The Labute approximate surface area is 184 Å². The Kier molecular flexibility index (Phi) is 7.19. The number of hydrogen-bond acceptors (Lipinski definition) is 3. The minimum Gasteiger partial charge on any atom is -0.493 e. The molecule has 0 aliphatic heterocycles. The maximum atomic E-state index is 6.45. The first-order valence-corrected chi connectivity index (χ1v) is 9.90. The van der Waals surface area contributed by atoms with E-state index in [2.05, 4.69) is 5.32 Å². The average molecular weight is 457 g/mol. The zero-order valence-corrected chi connectivity index (χ0v) is 18.0. The lowest BCUT2D eigenvalue weighted by Gasteiger charge is -2.15. The van der Waals surface area contributed by atoms with E-state index >= 15 is 0 Å². The second-order valence-corrected chi connectivity index (χ2v) is 7.67. The van der Waals surface area contributed by atoms with Gasteiger partial charge in [-0.1, -0.05) is 58.5 Å². The van der Waals surface area contributed by atoms with Gasteiger partial charge in [-0.25, -0.2) is 0 Å². The van der Waals surface area contributed by atoms with Crippen LogP contribution in [0, 0.1) is 0 Å². The van der Waals surface area contributed by atoms with Crippen molar-refractivity contribution in [3.8, 4) is 11.5 Å². The van der Waals surface area contributed by atoms with E-state index < -0.39 is 0 Å². The summed E-state index contributed by atoms with van der Waals surface area (Å²) in [6, 6.07) is 16.3. The summed E-state index contributed by atoms with van der Waals surface area (Å²) >= 11 is 24.6. The lowest BCUT2D eigenvalue weighted by molar-refractivity contribution is 0.284. The standard InChI is InChI=1S/C21H17Cl4NO2/c1-27-20-8-14(11-26-19-9-16(23)6-7-17(19)24)18(25)10-21(20)28-12-13-2-4-15(22)5-3-13/h2-10,26H,11-12H2,1H3. The van der Waals surface area contributed by atoms with Crippen molar-refractivity contribution in [2.24, 2.45) is 0 Å². The van der Waals surface area contributed by atoms with Gasteiger partial charge >= 0.3 is 0 Å². The molecule has 0 heterocycles. The molecule has 0 aliphatic carbocycles. The number of ether oxygens (including phenoxy) is 2. The molecule has 3 rings (SSSR count). The van der Waals surface area contributed by atoms with Crippen molar-refractivity contribution in [2.45, 2.75) is 13.2 Å². The highest BCUT2D eigenvalue weighted by Gasteiger charge is 2.12. The number of hydrogen-bond donors (Lipinski definition) is 1. The molecule has 1 N–H and O–H groups in total. The number of methoxy groups -OCH3 is 1. The maximum Gasteiger partial charge on any atom is 0.163 e. The Balaban J connectivity index is 1.73. The predicted octanol–water partition coefficient (Wildman–Crippen LogP) is 7.50. The van der Waals surface area contributed by atoms with Crippen LogP contribution >= 0.6 is 46.4 Å². The molecular weight excluding hydrogens is 440 g/mol. The molecule has 0 spiro atoms. The summed E-state index contributed by atoms with van der Waals surface area (Å²) in [5.41, 5.74) is 2.56. The quantitative estimate of drug-likeness (QED) is 0.399. The van der Waals surface area contributed by atoms with Crippen LogP contribution in [0.1, 0.15) is 11.1 Å². The summed E-state index contributed by atoms with van der Waals surface area (Å²) < 4.78 is 11.3. The molecule has 0 saturated carbocycles. The fourth-order valence-electron chi connectivity index (χ4n) is 2.55. The SMILES string of the molecule is COc1cc(CNc2cc(Cl)ccc2Cl)c(Cl)cc1OCc1ccc(Cl)cc1. The number of nitrogens with one attached hydrogen (secondary N) is 1. The average Bonchev–Trinajstić information content (AvgIpc) is 2.69. The van der Waals surface area contributed by atoms with E-state index in [4.69, 9.17) is 55.9 Å². The molecule has 28 heavy (non-hydrogen) atoms. The lowest BCUT2D eigenvalue weighted by Crippen LogP contribution is -2.03. The number of anilines is 1. The molecule has 146 valence electrons. The smallest absolute Gasteiger partial charge is 0.163 e. The molecule has 7 heteroatoms. The topological polar surface area (TPSA) is 30.5 Å². The minimum atomic E-state index is 0.375. The summed E-state index contributed by atoms with van der Waals surface area (Å²) in [6.07, 6.45) is 0. The van der Waals surface area contributed by atoms with Gasteiger partial charge in [0.05, 0.1) is 17.8 Å². The molecule has 0 saturated heterocycles.